The fourth-order valence-corrected chi connectivity index (χ4v) is 8.37. The van der Waals surface area contributed by atoms with Crippen LogP contribution in [0.15, 0.2) is 170 Å². The number of carbonyl (C=O) groups is 3. The third kappa shape index (κ3) is 65.5. The maximum atomic E-state index is 12.9. The lowest BCUT2D eigenvalue weighted by atomic mass is 10.1. The zero-order valence-corrected chi connectivity index (χ0v) is 52.0. The molecule has 81 heavy (non-hydrogen) atoms. The number of allylic oxidation sites excluding steroid dienone is 28. The number of esters is 3. The maximum absolute atomic E-state index is 12.9. The van der Waals surface area contributed by atoms with Crippen molar-refractivity contribution in [3.8, 4) is 0 Å². The Hall–Kier alpha value is -5.23. The van der Waals surface area contributed by atoms with E-state index in [-0.39, 0.29) is 37.5 Å². The van der Waals surface area contributed by atoms with Crippen LogP contribution in [0.2, 0.25) is 0 Å². The molecule has 0 aromatic rings. The van der Waals surface area contributed by atoms with Crippen LogP contribution in [0.5, 0.6) is 0 Å². The van der Waals surface area contributed by atoms with Crippen molar-refractivity contribution in [1.29, 1.82) is 0 Å². The minimum Gasteiger partial charge on any atom is -0.462 e. The minimum atomic E-state index is -0.823. The third-order valence-corrected chi connectivity index (χ3v) is 13.2. The summed E-state index contributed by atoms with van der Waals surface area (Å²) < 4.78 is 16.9. The van der Waals surface area contributed by atoms with Gasteiger partial charge in [0.05, 0.1) is 0 Å². The van der Waals surface area contributed by atoms with Crippen molar-refractivity contribution < 1.29 is 28.6 Å². The molecule has 0 N–H and O–H groups in total. The van der Waals surface area contributed by atoms with Crippen molar-refractivity contribution in [2.24, 2.45) is 0 Å². The van der Waals surface area contributed by atoms with Gasteiger partial charge in [0, 0.05) is 19.3 Å². The van der Waals surface area contributed by atoms with E-state index in [2.05, 4.69) is 191 Å². The smallest absolute Gasteiger partial charge is 0.306 e. The Morgan fingerprint density at radius 3 is 0.815 bits per heavy atom. The summed E-state index contributed by atoms with van der Waals surface area (Å²) in [5.74, 6) is -1.00. The molecule has 6 nitrogen and oxygen atoms in total. The highest BCUT2D eigenvalue weighted by Crippen LogP contribution is 2.14. The third-order valence-electron chi connectivity index (χ3n) is 13.2. The van der Waals surface area contributed by atoms with Crippen LogP contribution in [-0.4, -0.2) is 37.2 Å². The molecule has 0 fully saturated rings. The van der Waals surface area contributed by atoms with Gasteiger partial charge in [0.2, 0.25) is 0 Å². The zero-order valence-electron chi connectivity index (χ0n) is 52.0. The van der Waals surface area contributed by atoms with Crippen LogP contribution in [-0.2, 0) is 28.6 Å². The van der Waals surface area contributed by atoms with Crippen LogP contribution >= 0.6 is 0 Å². The van der Waals surface area contributed by atoms with Gasteiger partial charge in [-0.05, 0) is 148 Å². The topological polar surface area (TPSA) is 78.9 Å². The first kappa shape index (κ1) is 75.8. The van der Waals surface area contributed by atoms with Gasteiger partial charge in [-0.25, -0.2) is 0 Å². The summed E-state index contributed by atoms with van der Waals surface area (Å²) in [4.78, 5) is 38.3. The standard InChI is InChI=1S/C75H118O6/c1-4-7-10-13-16-19-22-25-28-30-32-33-34-35-36-37-38-39-40-41-43-44-47-50-53-56-59-62-65-68-74(77)80-71-72(70-79-73(76)67-64-61-58-55-52-49-46-27-24-21-18-15-12-9-6-3)81-75(78)69-66-63-60-57-54-51-48-45-42-31-29-26-23-20-17-14-11-8-5-2/h7-8,10-11,16-17,19-20,25-29,32-33,35-36,38-39,41-43,45-47,50,56,59,72H,4-6,9,12-15,18,21-24,30-31,34,37,40,44,48-49,51-55,57-58,60-71H2,1-3H3/b10-7-,11-8-,19-16-,20-17-,28-25-,29-26-,33-32-,36-35-,39-38-,43-41-,45-42-,46-27-,50-47-,59-56-. The Morgan fingerprint density at radius 2 is 0.494 bits per heavy atom. The van der Waals surface area contributed by atoms with Gasteiger partial charge in [-0.3, -0.25) is 14.4 Å². The molecule has 0 radical (unpaired) electrons. The summed E-state index contributed by atoms with van der Waals surface area (Å²) in [6.45, 7) is 6.34. The van der Waals surface area contributed by atoms with Crippen molar-refractivity contribution in [2.45, 2.75) is 271 Å². The molecule has 0 aliphatic carbocycles. The van der Waals surface area contributed by atoms with Crippen LogP contribution in [0.1, 0.15) is 265 Å². The molecule has 0 aromatic heterocycles. The molecule has 6 heteroatoms. The van der Waals surface area contributed by atoms with Crippen LogP contribution < -0.4 is 0 Å². The first-order valence-electron chi connectivity index (χ1n) is 32.6. The van der Waals surface area contributed by atoms with E-state index in [0.717, 1.165) is 154 Å². The highest BCUT2D eigenvalue weighted by molar-refractivity contribution is 5.71. The first-order chi connectivity index (χ1) is 40.0. The summed E-state index contributed by atoms with van der Waals surface area (Å²) in [6, 6.07) is 0. The van der Waals surface area contributed by atoms with E-state index in [9.17, 15) is 14.4 Å². The number of carbonyl (C=O) groups excluding carboxylic acids is 3. The Bertz CT molecular complexity index is 1860. The molecule has 0 saturated carbocycles. The number of hydrogen-bond acceptors (Lipinski definition) is 6. The molecule has 0 spiro atoms. The van der Waals surface area contributed by atoms with Gasteiger partial charge in [0.15, 0.2) is 6.10 Å². The van der Waals surface area contributed by atoms with E-state index in [1.54, 1.807) is 0 Å². The minimum absolute atomic E-state index is 0.113. The van der Waals surface area contributed by atoms with Crippen molar-refractivity contribution in [3.05, 3.63) is 170 Å². The van der Waals surface area contributed by atoms with Crippen molar-refractivity contribution in [2.75, 3.05) is 13.2 Å². The maximum Gasteiger partial charge on any atom is 0.306 e. The van der Waals surface area contributed by atoms with E-state index in [1.165, 1.54) is 64.2 Å². The normalized spacial score (nSPS) is 13.3. The average molecular weight is 1120 g/mol. The SMILES string of the molecule is CC/C=C\C/C=C\C/C=C\C/C=C\C/C=C\C/C=C\C/C=C\C/C=C\C/C=C\CCCC(=O)OCC(COC(=O)CCCCCCC/C=C\CCCCCCCC)OC(=O)CCCCCCCC/C=C\C/C=C\C/C=C\C/C=C\CC. The Balaban J connectivity index is 4.51. The Morgan fingerprint density at radius 1 is 0.259 bits per heavy atom. The van der Waals surface area contributed by atoms with Gasteiger partial charge in [-0.1, -0.05) is 268 Å². The molecular weight excluding hydrogens is 997 g/mol. The molecule has 0 aliphatic rings. The molecule has 454 valence electrons. The van der Waals surface area contributed by atoms with Gasteiger partial charge < -0.3 is 14.2 Å². The van der Waals surface area contributed by atoms with Gasteiger partial charge >= 0.3 is 17.9 Å². The fourth-order valence-electron chi connectivity index (χ4n) is 8.37. The molecule has 1 unspecified atom stereocenters. The lowest BCUT2D eigenvalue weighted by Gasteiger charge is -2.18. The predicted octanol–water partition coefficient (Wildman–Crippen LogP) is 22.7. The number of rotatable bonds is 57. The molecule has 0 aliphatic heterocycles. The molecule has 0 saturated heterocycles. The quantitative estimate of drug-likeness (QED) is 0.0261. The highest BCUT2D eigenvalue weighted by atomic mass is 16.6. The van der Waals surface area contributed by atoms with Crippen LogP contribution in [0.4, 0.5) is 0 Å². The second-order valence-corrected chi connectivity index (χ2v) is 20.9. The molecule has 0 aromatic carbocycles. The van der Waals surface area contributed by atoms with Gasteiger partial charge in [0.1, 0.15) is 13.2 Å². The summed E-state index contributed by atoms with van der Waals surface area (Å²) in [5.41, 5.74) is 0. The second-order valence-electron chi connectivity index (χ2n) is 20.9. The molecule has 0 amide bonds. The zero-order chi connectivity index (χ0) is 58.5. The molecular formula is C75H118O6. The van der Waals surface area contributed by atoms with Gasteiger partial charge in [0.25, 0.3) is 0 Å². The van der Waals surface area contributed by atoms with E-state index in [1.807, 2.05) is 0 Å². The fraction of sp³-hybridized carbons (Fsp3) is 0.587. The average Bonchev–Trinajstić information content (AvgIpc) is 3.47. The molecule has 0 rings (SSSR count). The summed E-state index contributed by atoms with van der Waals surface area (Å²) >= 11 is 0. The molecule has 0 heterocycles. The first-order valence-corrected chi connectivity index (χ1v) is 32.6. The van der Waals surface area contributed by atoms with Crippen LogP contribution in [0.25, 0.3) is 0 Å². The largest absolute Gasteiger partial charge is 0.462 e. The van der Waals surface area contributed by atoms with Gasteiger partial charge in [-0.15, -0.1) is 0 Å². The molecule has 0 bridgehead atoms. The van der Waals surface area contributed by atoms with Crippen molar-refractivity contribution >= 4 is 17.9 Å². The van der Waals surface area contributed by atoms with Crippen molar-refractivity contribution in [1.82, 2.24) is 0 Å². The number of unbranched alkanes of at least 4 members (excludes halogenated alkanes) is 18. The molecule has 1 atom stereocenters. The van der Waals surface area contributed by atoms with Crippen LogP contribution in [0, 0.1) is 0 Å². The van der Waals surface area contributed by atoms with Gasteiger partial charge in [-0.2, -0.15) is 0 Å². The van der Waals surface area contributed by atoms with E-state index in [4.69, 9.17) is 14.2 Å². The van der Waals surface area contributed by atoms with E-state index < -0.39 is 6.10 Å². The lowest BCUT2D eigenvalue weighted by molar-refractivity contribution is -0.167. The second kappa shape index (κ2) is 67.3. The van der Waals surface area contributed by atoms with Crippen LogP contribution in [0.3, 0.4) is 0 Å². The Kier molecular flexibility index (Phi) is 62.9. The number of hydrogen-bond donors (Lipinski definition) is 0. The summed E-state index contributed by atoms with van der Waals surface area (Å²) in [6.07, 6.45) is 99.3. The van der Waals surface area contributed by atoms with E-state index in [0.29, 0.717) is 19.3 Å². The summed E-state index contributed by atoms with van der Waals surface area (Å²) in [7, 11) is 0. The van der Waals surface area contributed by atoms with E-state index >= 15 is 0 Å². The lowest BCUT2D eigenvalue weighted by Crippen LogP contribution is -2.30. The predicted molar refractivity (Wildman–Crippen MR) is 352 cm³/mol. The Labute approximate surface area is 498 Å². The summed E-state index contributed by atoms with van der Waals surface area (Å²) in [5, 5.41) is 0. The monoisotopic (exact) mass is 1110 g/mol. The van der Waals surface area contributed by atoms with Crippen molar-refractivity contribution in [3.63, 3.8) is 0 Å². The highest BCUT2D eigenvalue weighted by Gasteiger charge is 2.19. The number of ether oxygens (including phenoxy) is 3.